The van der Waals surface area contributed by atoms with Gasteiger partial charge in [0.2, 0.25) is 0 Å². The summed E-state index contributed by atoms with van der Waals surface area (Å²) in [5.41, 5.74) is 1.98. The number of anilines is 1. The van der Waals surface area contributed by atoms with Gasteiger partial charge < -0.3 is 9.73 Å². The van der Waals surface area contributed by atoms with E-state index in [1.54, 1.807) is 17.6 Å². The number of hydrogen-bond acceptors (Lipinski definition) is 6. The first-order chi connectivity index (χ1) is 12.7. The molecule has 0 aliphatic heterocycles. The second kappa shape index (κ2) is 7.27. The monoisotopic (exact) mass is 364 g/mol. The van der Waals surface area contributed by atoms with Gasteiger partial charge in [0.25, 0.3) is 0 Å². The van der Waals surface area contributed by atoms with Crippen molar-refractivity contribution in [2.75, 3.05) is 26.0 Å². The Labute approximate surface area is 156 Å². The van der Waals surface area contributed by atoms with E-state index in [2.05, 4.69) is 15.6 Å². The number of thiophene rings is 1. The molecule has 0 amide bonds. The first-order valence-corrected chi connectivity index (χ1v) is 9.39. The highest BCUT2D eigenvalue weighted by Crippen LogP contribution is 2.27. The maximum absolute atomic E-state index is 5.60. The van der Waals surface area contributed by atoms with Crippen molar-refractivity contribution < 1.29 is 4.42 Å². The minimum absolute atomic E-state index is 0.114. The molecule has 3 heterocycles. The van der Waals surface area contributed by atoms with E-state index in [0.29, 0.717) is 6.54 Å². The maximum Gasteiger partial charge on any atom is 0.162 e. The van der Waals surface area contributed by atoms with E-state index in [-0.39, 0.29) is 6.04 Å². The van der Waals surface area contributed by atoms with Gasteiger partial charge in [-0.3, -0.25) is 4.90 Å². The molecule has 0 saturated heterocycles. The summed E-state index contributed by atoms with van der Waals surface area (Å²) in [5, 5.41) is 8.64. The summed E-state index contributed by atoms with van der Waals surface area (Å²) in [7, 11) is 4.09. The zero-order chi connectivity index (χ0) is 17.9. The molecule has 0 aliphatic rings. The average Bonchev–Trinajstić information content (AvgIpc) is 3.35. The second-order valence-electron chi connectivity index (χ2n) is 6.30. The van der Waals surface area contributed by atoms with Crippen molar-refractivity contribution in [2.24, 2.45) is 0 Å². The van der Waals surface area contributed by atoms with Crippen LogP contribution in [0.15, 0.2) is 63.9 Å². The fraction of sp³-hybridized carbons (Fsp3) is 0.200. The molecule has 0 bridgehead atoms. The van der Waals surface area contributed by atoms with Gasteiger partial charge >= 0.3 is 0 Å². The SMILES string of the molecule is CN(C)C(CNc1nc(-c2ccsc2)nc2ccccc12)c1ccco1. The highest BCUT2D eigenvalue weighted by Gasteiger charge is 2.18. The van der Waals surface area contributed by atoms with Crippen LogP contribution in [0.25, 0.3) is 22.3 Å². The molecule has 0 aliphatic carbocycles. The van der Waals surface area contributed by atoms with E-state index in [9.17, 15) is 0 Å². The van der Waals surface area contributed by atoms with Gasteiger partial charge in [-0.15, -0.1) is 0 Å². The number of nitrogens with one attached hydrogen (secondary N) is 1. The number of likely N-dealkylation sites (N-methyl/N-ethyl adjacent to an activating group) is 1. The highest BCUT2D eigenvalue weighted by molar-refractivity contribution is 7.08. The summed E-state index contributed by atoms with van der Waals surface area (Å²) >= 11 is 1.65. The Bertz CT molecular complexity index is 980. The molecule has 132 valence electrons. The molecule has 1 unspecified atom stereocenters. The average molecular weight is 364 g/mol. The van der Waals surface area contributed by atoms with E-state index in [1.807, 2.05) is 61.9 Å². The largest absolute Gasteiger partial charge is 0.468 e. The van der Waals surface area contributed by atoms with Crippen molar-refractivity contribution in [1.82, 2.24) is 14.9 Å². The molecule has 1 N–H and O–H groups in total. The summed E-state index contributed by atoms with van der Waals surface area (Å²) in [6, 6.07) is 14.2. The highest BCUT2D eigenvalue weighted by atomic mass is 32.1. The first-order valence-electron chi connectivity index (χ1n) is 8.45. The van der Waals surface area contributed by atoms with Crippen LogP contribution in [0.4, 0.5) is 5.82 Å². The van der Waals surface area contributed by atoms with Gasteiger partial charge in [0.1, 0.15) is 11.6 Å². The van der Waals surface area contributed by atoms with Crippen LogP contribution in [0.3, 0.4) is 0 Å². The fourth-order valence-electron chi connectivity index (χ4n) is 2.94. The molecule has 6 heteroatoms. The lowest BCUT2D eigenvalue weighted by Crippen LogP contribution is -2.26. The molecule has 1 aromatic carbocycles. The van der Waals surface area contributed by atoms with Crippen molar-refractivity contribution >= 4 is 28.1 Å². The molecule has 5 nitrogen and oxygen atoms in total. The van der Waals surface area contributed by atoms with Gasteiger partial charge in [-0.25, -0.2) is 9.97 Å². The van der Waals surface area contributed by atoms with Gasteiger partial charge in [-0.2, -0.15) is 11.3 Å². The predicted molar refractivity (Wildman–Crippen MR) is 106 cm³/mol. The van der Waals surface area contributed by atoms with Crippen LogP contribution < -0.4 is 5.32 Å². The lowest BCUT2D eigenvalue weighted by molar-refractivity contribution is 0.269. The molecular weight excluding hydrogens is 344 g/mol. The van der Waals surface area contributed by atoms with E-state index in [4.69, 9.17) is 14.4 Å². The van der Waals surface area contributed by atoms with E-state index < -0.39 is 0 Å². The van der Waals surface area contributed by atoms with E-state index in [1.165, 1.54) is 0 Å². The van der Waals surface area contributed by atoms with Gasteiger partial charge in [-0.1, -0.05) is 12.1 Å². The van der Waals surface area contributed by atoms with E-state index in [0.717, 1.165) is 33.9 Å². The van der Waals surface area contributed by atoms with Crippen molar-refractivity contribution in [3.8, 4) is 11.4 Å². The van der Waals surface area contributed by atoms with Crippen molar-refractivity contribution in [1.29, 1.82) is 0 Å². The van der Waals surface area contributed by atoms with Crippen LogP contribution in [-0.4, -0.2) is 35.5 Å². The summed E-state index contributed by atoms with van der Waals surface area (Å²) in [6.07, 6.45) is 1.71. The predicted octanol–water partition coefficient (Wildman–Crippen LogP) is 4.67. The van der Waals surface area contributed by atoms with Crippen molar-refractivity contribution in [3.63, 3.8) is 0 Å². The molecule has 4 rings (SSSR count). The first kappa shape index (κ1) is 16.8. The quantitative estimate of drug-likeness (QED) is 0.539. The van der Waals surface area contributed by atoms with Crippen LogP contribution in [0.1, 0.15) is 11.8 Å². The van der Waals surface area contributed by atoms with Crippen LogP contribution in [0.5, 0.6) is 0 Å². The van der Waals surface area contributed by atoms with Gasteiger partial charge in [-0.05, 0) is 49.8 Å². The van der Waals surface area contributed by atoms with E-state index >= 15 is 0 Å². The molecular formula is C20H20N4OS. The molecule has 26 heavy (non-hydrogen) atoms. The number of fused-ring (bicyclic) bond motifs is 1. The minimum atomic E-state index is 0.114. The Balaban J connectivity index is 1.69. The second-order valence-corrected chi connectivity index (χ2v) is 7.08. The molecule has 0 fully saturated rings. The standard InChI is InChI=1S/C20H20N4OS/c1-24(2)17(18-8-5-10-25-18)12-21-20-15-6-3-4-7-16(15)22-19(23-20)14-9-11-26-13-14/h3-11,13,17H,12H2,1-2H3,(H,21,22,23). The lowest BCUT2D eigenvalue weighted by atomic mass is 10.2. The third-order valence-corrected chi connectivity index (χ3v) is 5.02. The molecule has 0 saturated carbocycles. The number of aromatic nitrogens is 2. The summed E-state index contributed by atoms with van der Waals surface area (Å²) in [6.45, 7) is 0.685. The van der Waals surface area contributed by atoms with Gasteiger partial charge in [0, 0.05) is 22.9 Å². The lowest BCUT2D eigenvalue weighted by Gasteiger charge is -2.23. The number of furan rings is 1. The van der Waals surface area contributed by atoms with Crippen molar-refractivity contribution in [2.45, 2.75) is 6.04 Å². The normalized spacial score (nSPS) is 12.6. The molecule has 0 spiro atoms. The Morgan fingerprint density at radius 3 is 2.73 bits per heavy atom. The molecule has 4 aromatic rings. The number of para-hydroxylation sites is 1. The smallest absolute Gasteiger partial charge is 0.162 e. The Morgan fingerprint density at radius 2 is 2.00 bits per heavy atom. The molecule has 3 aromatic heterocycles. The van der Waals surface area contributed by atoms with Crippen molar-refractivity contribution in [3.05, 3.63) is 65.2 Å². The topological polar surface area (TPSA) is 54.2 Å². The third-order valence-electron chi connectivity index (χ3n) is 4.34. The number of rotatable bonds is 6. The zero-order valence-corrected chi connectivity index (χ0v) is 15.5. The Kier molecular flexibility index (Phi) is 4.69. The fourth-order valence-corrected chi connectivity index (χ4v) is 3.58. The summed E-state index contributed by atoms with van der Waals surface area (Å²) in [4.78, 5) is 11.6. The third kappa shape index (κ3) is 3.34. The zero-order valence-electron chi connectivity index (χ0n) is 14.7. The Morgan fingerprint density at radius 1 is 1.12 bits per heavy atom. The van der Waals surface area contributed by atoms with Crippen LogP contribution in [0.2, 0.25) is 0 Å². The van der Waals surface area contributed by atoms with Crippen LogP contribution >= 0.6 is 11.3 Å². The molecule has 0 radical (unpaired) electrons. The summed E-state index contributed by atoms with van der Waals surface area (Å²) in [5.74, 6) is 2.51. The number of nitrogens with zero attached hydrogens (tertiary/aromatic N) is 3. The number of hydrogen-bond donors (Lipinski definition) is 1. The summed E-state index contributed by atoms with van der Waals surface area (Å²) < 4.78 is 5.60. The molecule has 1 atom stereocenters. The number of benzene rings is 1. The Hall–Kier alpha value is -2.70. The maximum atomic E-state index is 5.60. The van der Waals surface area contributed by atoms with Crippen LogP contribution in [-0.2, 0) is 0 Å². The van der Waals surface area contributed by atoms with Gasteiger partial charge in [0.15, 0.2) is 5.82 Å². The van der Waals surface area contributed by atoms with Crippen LogP contribution in [0, 0.1) is 0 Å². The van der Waals surface area contributed by atoms with Gasteiger partial charge in [0.05, 0.1) is 17.8 Å². The minimum Gasteiger partial charge on any atom is -0.468 e.